The molecule has 0 aromatic heterocycles. The zero-order valence-electron chi connectivity index (χ0n) is 12.2. The van der Waals surface area contributed by atoms with Gasteiger partial charge in [0.25, 0.3) is 0 Å². The number of aliphatic imine (C=N–C) groups is 1. The van der Waals surface area contributed by atoms with Crippen molar-refractivity contribution >= 4 is 5.96 Å². The van der Waals surface area contributed by atoms with Crippen LogP contribution in [0, 0.1) is 0 Å². The molecule has 2 N–H and O–H groups in total. The van der Waals surface area contributed by atoms with E-state index in [1.165, 1.54) is 6.42 Å². The largest absolute Gasteiger partial charge is 0.494 e. The van der Waals surface area contributed by atoms with Crippen LogP contribution in [0.4, 0.5) is 0 Å². The molecule has 0 radical (unpaired) electrons. The van der Waals surface area contributed by atoms with Crippen molar-refractivity contribution in [3.05, 3.63) is 29.8 Å². The van der Waals surface area contributed by atoms with E-state index in [1.54, 1.807) is 7.05 Å². The molecule has 0 aliphatic rings. The molecule has 19 heavy (non-hydrogen) atoms. The summed E-state index contributed by atoms with van der Waals surface area (Å²) in [6.07, 6.45) is 2.33. The number of benzene rings is 1. The number of nitrogens with one attached hydrogen (secondary N) is 2. The predicted molar refractivity (Wildman–Crippen MR) is 80.7 cm³/mol. The Morgan fingerprint density at radius 1 is 1.21 bits per heavy atom. The zero-order chi connectivity index (χ0) is 13.9. The van der Waals surface area contributed by atoms with Gasteiger partial charge in [-0.2, -0.15) is 0 Å². The lowest BCUT2D eigenvalue weighted by Gasteiger charge is -2.14. The molecule has 4 nitrogen and oxygen atoms in total. The minimum atomic E-state index is 0.681. The molecule has 4 heteroatoms. The number of rotatable bonds is 7. The van der Waals surface area contributed by atoms with E-state index < -0.39 is 0 Å². The molecule has 0 aliphatic heterocycles. The lowest BCUT2D eigenvalue weighted by molar-refractivity contribution is 0.336. The quantitative estimate of drug-likeness (QED) is 0.451. The van der Waals surface area contributed by atoms with Gasteiger partial charge in [-0.05, 0) is 19.4 Å². The Morgan fingerprint density at radius 3 is 2.68 bits per heavy atom. The van der Waals surface area contributed by atoms with E-state index in [1.807, 2.05) is 25.1 Å². The summed E-state index contributed by atoms with van der Waals surface area (Å²) in [4.78, 5) is 4.20. The second kappa shape index (κ2) is 9.25. The number of hydrogen-bond donors (Lipinski definition) is 2. The lowest BCUT2D eigenvalue weighted by Crippen LogP contribution is -2.37. The topological polar surface area (TPSA) is 45.7 Å². The van der Waals surface area contributed by atoms with Crippen LogP contribution < -0.4 is 15.4 Å². The molecule has 1 aromatic carbocycles. The van der Waals surface area contributed by atoms with Gasteiger partial charge in [-0.25, -0.2) is 0 Å². The number of nitrogens with zero attached hydrogens (tertiary/aromatic N) is 1. The van der Waals surface area contributed by atoms with Crippen LogP contribution in [0.5, 0.6) is 5.75 Å². The van der Waals surface area contributed by atoms with E-state index in [2.05, 4.69) is 28.6 Å². The highest BCUT2D eigenvalue weighted by Gasteiger charge is 2.03. The number of hydrogen-bond acceptors (Lipinski definition) is 2. The Labute approximate surface area is 116 Å². The number of ether oxygens (including phenoxy) is 1. The molecule has 0 fully saturated rings. The Balaban J connectivity index is 2.50. The van der Waals surface area contributed by atoms with Crippen LogP contribution in [0.3, 0.4) is 0 Å². The van der Waals surface area contributed by atoms with Gasteiger partial charge in [0, 0.05) is 25.7 Å². The monoisotopic (exact) mass is 263 g/mol. The number of guanidine groups is 1. The first kappa shape index (κ1) is 15.3. The Bertz CT molecular complexity index is 391. The van der Waals surface area contributed by atoms with Crippen LogP contribution in [-0.2, 0) is 6.54 Å². The normalized spacial score (nSPS) is 11.2. The van der Waals surface area contributed by atoms with Gasteiger partial charge in [-0.1, -0.05) is 31.5 Å². The van der Waals surface area contributed by atoms with E-state index >= 15 is 0 Å². The second-order valence-corrected chi connectivity index (χ2v) is 4.25. The van der Waals surface area contributed by atoms with Gasteiger partial charge in [0.1, 0.15) is 5.75 Å². The minimum Gasteiger partial charge on any atom is -0.494 e. The molecule has 0 bridgehead atoms. The standard InChI is InChI=1S/C15H25N3O/c1-4-6-11-17-15(16-3)18-12-13-9-7-8-10-14(13)19-5-2/h7-10H,4-6,11-12H2,1-3H3,(H2,16,17,18). The van der Waals surface area contributed by atoms with Crippen molar-refractivity contribution in [1.82, 2.24) is 10.6 Å². The third-order valence-electron chi connectivity index (χ3n) is 2.77. The first-order valence-corrected chi connectivity index (χ1v) is 6.97. The fourth-order valence-corrected chi connectivity index (χ4v) is 1.73. The van der Waals surface area contributed by atoms with Gasteiger partial charge in [0.15, 0.2) is 5.96 Å². The van der Waals surface area contributed by atoms with Gasteiger partial charge in [0.05, 0.1) is 6.61 Å². The summed E-state index contributed by atoms with van der Waals surface area (Å²) in [6.45, 7) is 6.51. The Hall–Kier alpha value is -1.71. The average molecular weight is 263 g/mol. The van der Waals surface area contributed by atoms with E-state index in [0.717, 1.165) is 30.2 Å². The van der Waals surface area contributed by atoms with Gasteiger partial charge < -0.3 is 15.4 Å². The highest BCUT2D eigenvalue weighted by Crippen LogP contribution is 2.17. The molecule has 106 valence electrons. The first-order chi connectivity index (χ1) is 9.31. The summed E-state index contributed by atoms with van der Waals surface area (Å²) in [5.74, 6) is 1.77. The fraction of sp³-hybridized carbons (Fsp3) is 0.533. The van der Waals surface area contributed by atoms with Gasteiger partial charge in [-0.3, -0.25) is 4.99 Å². The SMILES string of the molecule is CCCCNC(=NC)NCc1ccccc1OCC. The molecule has 0 unspecified atom stereocenters. The van der Waals surface area contributed by atoms with Crippen LogP contribution in [0.1, 0.15) is 32.3 Å². The van der Waals surface area contributed by atoms with Crippen molar-refractivity contribution in [2.45, 2.75) is 33.2 Å². The minimum absolute atomic E-state index is 0.681. The van der Waals surface area contributed by atoms with Crippen molar-refractivity contribution in [3.8, 4) is 5.75 Å². The molecule has 1 aromatic rings. The molecule has 0 aliphatic carbocycles. The van der Waals surface area contributed by atoms with Crippen molar-refractivity contribution < 1.29 is 4.74 Å². The van der Waals surface area contributed by atoms with Gasteiger partial charge >= 0.3 is 0 Å². The zero-order valence-corrected chi connectivity index (χ0v) is 12.2. The Morgan fingerprint density at radius 2 is 2.00 bits per heavy atom. The van der Waals surface area contributed by atoms with Crippen LogP contribution >= 0.6 is 0 Å². The molecule has 0 saturated carbocycles. The second-order valence-electron chi connectivity index (χ2n) is 4.25. The molecule has 0 amide bonds. The maximum Gasteiger partial charge on any atom is 0.191 e. The molecular weight excluding hydrogens is 238 g/mol. The lowest BCUT2D eigenvalue weighted by atomic mass is 10.2. The number of unbranched alkanes of at least 4 members (excludes halogenated alkanes) is 1. The first-order valence-electron chi connectivity index (χ1n) is 6.97. The van der Waals surface area contributed by atoms with E-state index in [0.29, 0.717) is 13.2 Å². The molecule has 0 spiro atoms. The smallest absolute Gasteiger partial charge is 0.191 e. The summed E-state index contributed by atoms with van der Waals surface area (Å²) in [5, 5.41) is 6.59. The Kier molecular flexibility index (Phi) is 7.47. The van der Waals surface area contributed by atoms with Crippen molar-refractivity contribution in [2.75, 3.05) is 20.2 Å². The molecule has 1 rings (SSSR count). The molecule has 0 atom stereocenters. The highest BCUT2D eigenvalue weighted by atomic mass is 16.5. The summed E-state index contributed by atoms with van der Waals surface area (Å²) >= 11 is 0. The summed E-state index contributed by atoms with van der Waals surface area (Å²) in [7, 11) is 1.79. The number of para-hydroxylation sites is 1. The maximum atomic E-state index is 5.60. The molecule has 0 saturated heterocycles. The van der Waals surface area contributed by atoms with Crippen molar-refractivity contribution in [2.24, 2.45) is 4.99 Å². The fourth-order valence-electron chi connectivity index (χ4n) is 1.73. The van der Waals surface area contributed by atoms with E-state index in [-0.39, 0.29) is 0 Å². The van der Waals surface area contributed by atoms with E-state index in [9.17, 15) is 0 Å². The maximum absolute atomic E-state index is 5.60. The molecular formula is C15H25N3O. The molecule has 0 heterocycles. The average Bonchev–Trinajstić information content (AvgIpc) is 2.44. The predicted octanol–water partition coefficient (Wildman–Crippen LogP) is 2.55. The summed E-state index contributed by atoms with van der Waals surface area (Å²) < 4.78 is 5.60. The van der Waals surface area contributed by atoms with Gasteiger partial charge in [0.2, 0.25) is 0 Å². The van der Waals surface area contributed by atoms with Gasteiger partial charge in [-0.15, -0.1) is 0 Å². The van der Waals surface area contributed by atoms with Crippen molar-refractivity contribution in [1.29, 1.82) is 0 Å². The third-order valence-corrected chi connectivity index (χ3v) is 2.77. The van der Waals surface area contributed by atoms with Crippen LogP contribution in [0.2, 0.25) is 0 Å². The van der Waals surface area contributed by atoms with Crippen LogP contribution in [0.25, 0.3) is 0 Å². The van der Waals surface area contributed by atoms with Crippen molar-refractivity contribution in [3.63, 3.8) is 0 Å². The highest BCUT2D eigenvalue weighted by molar-refractivity contribution is 5.79. The summed E-state index contributed by atoms with van der Waals surface area (Å²) in [6, 6.07) is 8.07. The summed E-state index contributed by atoms with van der Waals surface area (Å²) in [5.41, 5.74) is 1.14. The third kappa shape index (κ3) is 5.64. The van der Waals surface area contributed by atoms with Crippen LogP contribution in [0.15, 0.2) is 29.3 Å². The van der Waals surface area contributed by atoms with Crippen LogP contribution in [-0.4, -0.2) is 26.2 Å². The van der Waals surface area contributed by atoms with E-state index in [4.69, 9.17) is 4.74 Å².